The van der Waals surface area contributed by atoms with Crippen molar-refractivity contribution in [2.45, 2.75) is 13.0 Å². The Morgan fingerprint density at radius 1 is 1.17 bits per heavy atom. The van der Waals surface area contributed by atoms with Gasteiger partial charge in [0.25, 0.3) is 0 Å². The van der Waals surface area contributed by atoms with Crippen molar-refractivity contribution >= 4 is 11.6 Å². The first-order valence-electron chi connectivity index (χ1n) is 5.88. The van der Waals surface area contributed by atoms with Crippen LogP contribution >= 0.6 is 11.6 Å². The van der Waals surface area contributed by atoms with E-state index in [0.717, 1.165) is 16.9 Å². The Morgan fingerprint density at radius 2 is 1.89 bits per heavy atom. The molecule has 1 unspecified atom stereocenters. The number of halogens is 1. The Labute approximate surface area is 112 Å². The fourth-order valence-corrected chi connectivity index (χ4v) is 2.04. The molecule has 0 saturated carbocycles. The molecule has 0 heterocycles. The van der Waals surface area contributed by atoms with E-state index in [2.05, 4.69) is 0 Å². The highest BCUT2D eigenvalue weighted by molar-refractivity contribution is 6.30. The fraction of sp³-hybridized carbons (Fsp3) is 0.200. The molecule has 2 rings (SSSR count). The molecule has 3 heteroatoms. The van der Waals surface area contributed by atoms with E-state index in [1.807, 2.05) is 55.5 Å². The minimum absolute atomic E-state index is 0.133. The monoisotopic (exact) mass is 261 g/mol. The third-order valence-corrected chi connectivity index (χ3v) is 3.03. The summed E-state index contributed by atoms with van der Waals surface area (Å²) in [7, 11) is 0. The van der Waals surface area contributed by atoms with Crippen molar-refractivity contribution in [2.24, 2.45) is 5.73 Å². The summed E-state index contributed by atoms with van der Waals surface area (Å²) < 4.78 is 5.95. The van der Waals surface area contributed by atoms with Crippen molar-refractivity contribution in [2.75, 3.05) is 6.54 Å². The zero-order valence-corrected chi connectivity index (χ0v) is 11.0. The molecule has 0 aliphatic carbocycles. The molecule has 1 atom stereocenters. The fourth-order valence-electron chi connectivity index (χ4n) is 1.82. The van der Waals surface area contributed by atoms with Crippen LogP contribution in [-0.4, -0.2) is 6.54 Å². The molecular weight excluding hydrogens is 246 g/mol. The Morgan fingerprint density at radius 3 is 2.50 bits per heavy atom. The highest BCUT2D eigenvalue weighted by Crippen LogP contribution is 2.26. The summed E-state index contributed by atoms with van der Waals surface area (Å²) in [6.45, 7) is 2.41. The molecule has 0 saturated heterocycles. The lowest BCUT2D eigenvalue weighted by atomic mass is 10.1. The second kappa shape index (κ2) is 5.89. The average molecular weight is 262 g/mol. The van der Waals surface area contributed by atoms with Gasteiger partial charge in [-0.2, -0.15) is 0 Å². The lowest BCUT2D eigenvalue weighted by Crippen LogP contribution is -2.18. The Kier molecular flexibility index (Phi) is 4.24. The highest BCUT2D eigenvalue weighted by atomic mass is 35.5. The molecular formula is C15H16ClNO. The zero-order chi connectivity index (χ0) is 13.0. The maximum Gasteiger partial charge on any atom is 0.136 e. The van der Waals surface area contributed by atoms with E-state index >= 15 is 0 Å². The summed E-state index contributed by atoms with van der Waals surface area (Å²) in [6, 6.07) is 15.6. The molecule has 0 spiro atoms. The van der Waals surface area contributed by atoms with Crippen LogP contribution in [0.25, 0.3) is 0 Å². The lowest BCUT2D eigenvalue weighted by molar-refractivity contribution is 0.213. The molecule has 0 aliphatic heterocycles. The van der Waals surface area contributed by atoms with Crippen LogP contribution in [0.4, 0.5) is 0 Å². The van der Waals surface area contributed by atoms with Gasteiger partial charge in [-0.15, -0.1) is 0 Å². The highest BCUT2D eigenvalue weighted by Gasteiger charge is 2.12. The smallest absolute Gasteiger partial charge is 0.136 e. The number of nitrogens with two attached hydrogens (primary N) is 1. The molecule has 94 valence electrons. The average Bonchev–Trinajstić information content (AvgIpc) is 2.39. The van der Waals surface area contributed by atoms with Crippen molar-refractivity contribution in [3.63, 3.8) is 0 Å². The predicted molar refractivity (Wildman–Crippen MR) is 75.1 cm³/mol. The molecule has 0 bridgehead atoms. The van der Waals surface area contributed by atoms with E-state index in [-0.39, 0.29) is 6.10 Å². The van der Waals surface area contributed by atoms with Gasteiger partial charge in [-0.05, 0) is 36.2 Å². The summed E-state index contributed by atoms with van der Waals surface area (Å²) >= 11 is 5.92. The molecule has 0 fully saturated rings. The quantitative estimate of drug-likeness (QED) is 0.910. The Bertz CT molecular complexity index is 513. The Balaban J connectivity index is 2.21. The first-order valence-corrected chi connectivity index (χ1v) is 6.26. The van der Waals surface area contributed by atoms with Crippen LogP contribution in [0.5, 0.6) is 5.75 Å². The largest absolute Gasteiger partial charge is 0.484 e. The van der Waals surface area contributed by atoms with Gasteiger partial charge in [0.15, 0.2) is 0 Å². The van der Waals surface area contributed by atoms with Crippen molar-refractivity contribution in [1.29, 1.82) is 0 Å². The van der Waals surface area contributed by atoms with Gasteiger partial charge < -0.3 is 10.5 Å². The lowest BCUT2D eigenvalue weighted by Gasteiger charge is -2.19. The summed E-state index contributed by atoms with van der Waals surface area (Å²) in [5, 5.41) is 0.712. The van der Waals surface area contributed by atoms with Crippen LogP contribution in [0.1, 0.15) is 17.2 Å². The maximum absolute atomic E-state index is 5.95. The van der Waals surface area contributed by atoms with Crippen LogP contribution in [-0.2, 0) is 0 Å². The van der Waals surface area contributed by atoms with E-state index in [1.165, 1.54) is 0 Å². The number of rotatable bonds is 4. The molecule has 2 aromatic rings. The molecule has 0 radical (unpaired) electrons. The molecule has 18 heavy (non-hydrogen) atoms. The number of aryl methyl sites for hydroxylation is 1. The second-order valence-corrected chi connectivity index (χ2v) is 4.60. The maximum atomic E-state index is 5.95. The van der Waals surface area contributed by atoms with Gasteiger partial charge in [-0.25, -0.2) is 0 Å². The topological polar surface area (TPSA) is 35.2 Å². The third kappa shape index (κ3) is 3.03. The molecule has 2 aromatic carbocycles. The van der Waals surface area contributed by atoms with Gasteiger partial charge in [0, 0.05) is 11.6 Å². The van der Waals surface area contributed by atoms with Crippen LogP contribution in [0, 0.1) is 6.92 Å². The van der Waals surface area contributed by atoms with Crippen molar-refractivity contribution in [1.82, 2.24) is 0 Å². The summed E-state index contributed by atoms with van der Waals surface area (Å²) in [4.78, 5) is 0. The first kappa shape index (κ1) is 12.9. The minimum Gasteiger partial charge on any atom is -0.484 e. The predicted octanol–water partition coefficient (Wildman–Crippen LogP) is 3.73. The molecule has 2 N–H and O–H groups in total. The van der Waals surface area contributed by atoms with Crippen LogP contribution < -0.4 is 10.5 Å². The minimum atomic E-state index is -0.133. The molecule has 0 aromatic heterocycles. The molecule has 0 aliphatic rings. The van der Waals surface area contributed by atoms with E-state index in [0.29, 0.717) is 11.6 Å². The van der Waals surface area contributed by atoms with E-state index in [1.54, 1.807) is 0 Å². The first-order chi connectivity index (χ1) is 8.70. The summed E-state index contributed by atoms with van der Waals surface area (Å²) in [5.74, 6) is 0.818. The van der Waals surface area contributed by atoms with Crippen LogP contribution in [0.3, 0.4) is 0 Å². The SMILES string of the molecule is Cc1cc(Cl)ccc1OC(CN)c1ccccc1. The van der Waals surface area contributed by atoms with E-state index in [4.69, 9.17) is 22.1 Å². The number of ether oxygens (including phenoxy) is 1. The molecule has 0 amide bonds. The summed E-state index contributed by atoms with van der Waals surface area (Å²) in [6.07, 6.45) is -0.133. The van der Waals surface area contributed by atoms with Gasteiger partial charge in [0.2, 0.25) is 0 Å². The van der Waals surface area contributed by atoms with Crippen LogP contribution in [0.15, 0.2) is 48.5 Å². The second-order valence-electron chi connectivity index (χ2n) is 4.16. The zero-order valence-electron chi connectivity index (χ0n) is 10.3. The van der Waals surface area contributed by atoms with E-state index < -0.39 is 0 Å². The van der Waals surface area contributed by atoms with Gasteiger partial charge in [0.1, 0.15) is 11.9 Å². The van der Waals surface area contributed by atoms with Gasteiger partial charge in [0.05, 0.1) is 0 Å². The van der Waals surface area contributed by atoms with Gasteiger partial charge in [-0.1, -0.05) is 41.9 Å². The number of hydrogen-bond donors (Lipinski definition) is 1. The van der Waals surface area contributed by atoms with Crippen molar-refractivity contribution in [3.05, 3.63) is 64.7 Å². The van der Waals surface area contributed by atoms with Gasteiger partial charge >= 0.3 is 0 Å². The molecule has 2 nitrogen and oxygen atoms in total. The standard InChI is InChI=1S/C15H16ClNO/c1-11-9-13(16)7-8-14(11)18-15(10-17)12-5-3-2-4-6-12/h2-9,15H,10,17H2,1H3. The normalized spacial score (nSPS) is 12.2. The van der Waals surface area contributed by atoms with Gasteiger partial charge in [-0.3, -0.25) is 0 Å². The van der Waals surface area contributed by atoms with E-state index in [9.17, 15) is 0 Å². The summed E-state index contributed by atoms with van der Waals surface area (Å²) in [5.41, 5.74) is 7.87. The van der Waals surface area contributed by atoms with Crippen molar-refractivity contribution < 1.29 is 4.74 Å². The third-order valence-electron chi connectivity index (χ3n) is 2.79. The Hall–Kier alpha value is -1.51. The van der Waals surface area contributed by atoms with Crippen molar-refractivity contribution in [3.8, 4) is 5.75 Å². The van der Waals surface area contributed by atoms with Crippen LogP contribution in [0.2, 0.25) is 5.02 Å². The number of benzene rings is 2. The number of hydrogen-bond acceptors (Lipinski definition) is 2.